The van der Waals surface area contributed by atoms with Gasteiger partial charge in [0.25, 0.3) is 0 Å². The molecule has 2 unspecified atom stereocenters. The first-order valence-corrected chi connectivity index (χ1v) is 7.14. The molecular weight excluding hydrogens is 234 g/mol. The Kier molecular flexibility index (Phi) is 3.43. The van der Waals surface area contributed by atoms with Gasteiger partial charge in [-0.05, 0) is 48.9 Å². The summed E-state index contributed by atoms with van der Waals surface area (Å²) in [5.41, 5.74) is 2.96. The molecule has 2 aromatic rings. The van der Waals surface area contributed by atoms with Crippen molar-refractivity contribution in [3.05, 3.63) is 59.5 Å². The van der Waals surface area contributed by atoms with Crippen LogP contribution in [0.3, 0.4) is 0 Å². The van der Waals surface area contributed by atoms with Crippen molar-refractivity contribution in [2.45, 2.75) is 44.7 Å². The predicted octanol–water partition coefficient (Wildman–Crippen LogP) is 4.57. The van der Waals surface area contributed by atoms with Crippen LogP contribution >= 0.6 is 0 Å². The Labute approximate surface area is 114 Å². The normalized spacial score (nSPS) is 23.9. The zero-order valence-corrected chi connectivity index (χ0v) is 11.6. The average molecular weight is 255 g/mol. The van der Waals surface area contributed by atoms with E-state index in [1.54, 1.807) is 6.26 Å². The highest BCUT2D eigenvalue weighted by atomic mass is 16.3. The Morgan fingerprint density at radius 2 is 1.89 bits per heavy atom. The number of benzene rings is 1. The van der Waals surface area contributed by atoms with Crippen molar-refractivity contribution in [2.75, 3.05) is 0 Å². The minimum Gasteiger partial charge on any atom is -0.468 e. The van der Waals surface area contributed by atoms with Gasteiger partial charge in [0.2, 0.25) is 0 Å². The lowest BCUT2D eigenvalue weighted by Gasteiger charge is -2.32. The Balaban J connectivity index is 1.81. The molecule has 3 rings (SSSR count). The van der Waals surface area contributed by atoms with Gasteiger partial charge in [-0.3, -0.25) is 0 Å². The first-order valence-electron chi connectivity index (χ1n) is 7.14. The van der Waals surface area contributed by atoms with E-state index in [-0.39, 0.29) is 6.04 Å². The van der Waals surface area contributed by atoms with E-state index in [2.05, 4.69) is 43.4 Å². The van der Waals surface area contributed by atoms with Crippen LogP contribution in [0.2, 0.25) is 0 Å². The predicted molar refractivity (Wildman–Crippen MR) is 77.1 cm³/mol. The topological polar surface area (TPSA) is 25.2 Å². The van der Waals surface area contributed by atoms with E-state index in [0.29, 0.717) is 12.0 Å². The maximum Gasteiger partial charge on any atom is 0.120 e. The Bertz CT molecular complexity index is 532. The highest BCUT2D eigenvalue weighted by Crippen LogP contribution is 2.38. The third-order valence-electron chi connectivity index (χ3n) is 4.21. The fourth-order valence-corrected chi connectivity index (χ4v) is 3.10. The van der Waals surface area contributed by atoms with Crippen LogP contribution < -0.4 is 5.32 Å². The maximum absolute atomic E-state index is 5.48. The molecule has 1 aliphatic carbocycles. The van der Waals surface area contributed by atoms with Gasteiger partial charge in [0, 0.05) is 6.04 Å². The molecule has 0 saturated heterocycles. The number of rotatable bonds is 3. The minimum atomic E-state index is 0.251. The fourth-order valence-electron chi connectivity index (χ4n) is 3.10. The van der Waals surface area contributed by atoms with Crippen LogP contribution in [-0.4, -0.2) is 0 Å². The van der Waals surface area contributed by atoms with E-state index < -0.39 is 0 Å². The number of hydrogen-bond acceptors (Lipinski definition) is 2. The second-order valence-corrected chi connectivity index (χ2v) is 5.56. The molecule has 0 spiro atoms. The van der Waals surface area contributed by atoms with Gasteiger partial charge in [-0.25, -0.2) is 0 Å². The molecule has 1 aromatic heterocycles. The van der Waals surface area contributed by atoms with Crippen molar-refractivity contribution in [3.63, 3.8) is 0 Å². The molecule has 2 nitrogen and oxygen atoms in total. The molecule has 0 amide bonds. The highest BCUT2D eigenvalue weighted by Gasteiger charge is 2.25. The molecule has 0 aliphatic heterocycles. The summed E-state index contributed by atoms with van der Waals surface area (Å²) in [5.74, 6) is 1.68. The molecule has 1 N–H and O–H groups in total. The molecule has 100 valence electrons. The number of fused-ring (bicyclic) bond motifs is 1. The SMILES string of the molecule is CC1CCC(N[C@@H](C)c2ccco2)c2ccccc21. The Morgan fingerprint density at radius 1 is 1.11 bits per heavy atom. The van der Waals surface area contributed by atoms with Crippen LogP contribution in [-0.2, 0) is 0 Å². The number of furan rings is 1. The molecular formula is C17H21NO. The van der Waals surface area contributed by atoms with Crippen molar-refractivity contribution in [1.29, 1.82) is 0 Å². The van der Waals surface area contributed by atoms with Crippen molar-refractivity contribution in [1.82, 2.24) is 5.32 Å². The van der Waals surface area contributed by atoms with Gasteiger partial charge in [-0.1, -0.05) is 31.2 Å². The standard InChI is InChI=1S/C17H21NO/c1-12-9-10-16(15-7-4-3-6-14(12)15)18-13(2)17-8-5-11-19-17/h3-8,11-13,16,18H,9-10H2,1-2H3/t12?,13-,16?/m0/s1. The van der Waals surface area contributed by atoms with E-state index in [1.165, 1.54) is 24.0 Å². The third kappa shape index (κ3) is 2.45. The summed E-state index contributed by atoms with van der Waals surface area (Å²) in [6.45, 7) is 4.49. The molecule has 0 radical (unpaired) electrons. The lowest BCUT2D eigenvalue weighted by Crippen LogP contribution is -2.28. The maximum atomic E-state index is 5.48. The summed E-state index contributed by atoms with van der Waals surface area (Å²) in [4.78, 5) is 0. The molecule has 19 heavy (non-hydrogen) atoms. The first-order chi connectivity index (χ1) is 9.25. The summed E-state index contributed by atoms with van der Waals surface area (Å²) in [5, 5.41) is 3.70. The third-order valence-corrected chi connectivity index (χ3v) is 4.21. The van der Waals surface area contributed by atoms with Crippen molar-refractivity contribution < 1.29 is 4.42 Å². The molecule has 1 aromatic carbocycles. The summed E-state index contributed by atoms with van der Waals surface area (Å²) < 4.78 is 5.48. The molecule has 0 bridgehead atoms. The van der Waals surface area contributed by atoms with Crippen LogP contribution in [0.5, 0.6) is 0 Å². The fraction of sp³-hybridized carbons (Fsp3) is 0.412. The average Bonchev–Trinajstić information content (AvgIpc) is 2.96. The quantitative estimate of drug-likeness (QED) is 0.869. The molecule has 1 aliphatic rings. The van der Waals surface area contributed by atoms with Crippen LogP contribution in [0.4, 0.5) is 0 Å². The Morgan fingerprint density at radius 3 is 2.63 bits per heavy atom. The van der Waals surface area contributed by atoms with Gasteiger partial charge in [0.15, 0.2) is 0 Å². The van der Waals surface area contributed by atoms with Gasteiger partial charge in [-0.15, -0.1) is 0 Å². The van der Waals surface area contributed by atoms with E-state index in [1.807, 2.05) is 12.1 Å². The summed E-state index contributed by atoms with van der Waals surface area (Å²) in [6, 6.07) is 13.5. The molecule has 3 atom stereocenters. The smallest absolute Gasteiger partial charge is 0.120 e. The number of nitrogens with one attached hydrogen (secondary N) is 1. The zero-order valence-electron chi connectivity index (χ0n) is 11.6. The van der Waals surface area contributed by atoms with Crippen LogP contribution in [0, 0.1) is 0 Å². The summed E-state index contributed by atoms with van der Waals surface area (Å²) in [7, 11) is 0. The second-order valence-electron chi connectivity index (χ2n) is 5.56. The second kappa shape index (κ2) is 5.22. The van der Waals surface area contributed by atoms with E-state index in [4.69, 9.17) is 4.42 Å². The highest BCUT2D eigenvalue weighted by molar-refractivity contribution is 5.35. The van der Waals surface area contributed by atoms with Crippen molar-refractivity contribution in [3.8, 4) is 0 Å². The van der Waals surface area contributed by atoms with Crippen molar-refractivity contribution in [2.24, 2.45) is 0 Å². The lowest BCUT2D eigenvalue weighted by molar-refractivity contribution is 0.357. The monoisotopic (exact) mass is 255 g/mol. The van der Waals surface area contributed by atoms with Gasteiger partial charge in [0.1, 0.15) is 5.76 Å². The lowest BCUT2D eigenvalue weighted by atomic mass is 9.81. The van der Waals surface area contributed by atoms with Crippen LogP contribution in [0.25, 0.3) is 0 Å². The van der Waals surface area contributed by atoms with Gasteiger partial charge >= 0.3 is 0 Å². The minimum absolute atomic E-state index is 0.251. The van der Waals surface area contributed by atoms with Gasteiger partial charge in [0.05, 0.1) is 12.3 Å². The van der Waals surface area contributed by atoms with Crippen LogP contribution in [0.1, 0.15) is 61.6 Å². The van der Waals surface area contributed by atoms with Crippen LogP contribution in [0.15, 0.2) is 47.1 Å². The van der Waals surface area contributed by atoms with E-state index >= 15 is 0 Å². The Hall–Kier alpha value is -1.54. The largest absolute Gasteiger partial charge is 0.468 e. The van der Waals surface area contributed by atoms with E-state index in [9.17, 15) is 0 Å². The molecule has 0 saturated carbocycles. The van der Waals surface area contributed by atoms with Crippen molar-refractivity contribution >= 4 is 0 Å². The molecule has 0 fully saturated rings. The summed E-state index contributed by atoms with van der Waals surface area (Å²) in [6.07, 6.45) is 4.19. The zero-order chi connectivity index (χ0) is 13.2. The van der Waals surface area contributed by atoms with Gasteiger partial charge in [-0.2, -0.15) is 0 Å². The van der Waals surface area contributed by atoms with E-state index in [0.717, 1.165) is 5.76 Å². The summed E-state index contributed by atoms with van der Waals surface area (Å²) >= 11 is 0. The first kappa shape index (κ1) is 12.5. The molecule has 1 heterocycles. The number of hydrogen-bond donors (Lipinski definition) is 1. The molecule has 2 heteroatoms. The van der Waals surface area contributed by atoms with Gasteiger partial charge < -0.3 is 9.73 Å².